The number of nitrogens with zero attached hydrogens (tertiary/aromatic N) is 1. The van der Waals surface area contributed by atoms with Crippen LogP contribution in [0.2, 0.25) is 0 Å². The zero-order valence-corrected chi connectivity index (χ0v) is 15.8. The molecule has 0 saturated carbocycles. The van der Waals surface area contributed by atoms with Crippen molar-refractivity contribution in [2.24, 2.45) is 0 Å². The molecule has 0 aliphatic carbocycles. The van der Waals surface area contributed by atoms with Gasteiger partial charge in [0.05, 0.1) is 5.39 Å². The quantitative estimate of drug-likeness (QED) is 0.458. The third kappa shape index (κ3) is 3.60. The van der Waals surface area contributed by atoms with Crippen molar-refractivity contribution in [1.82, 2.24) is 4.98 Å². The van der Waals surface area contributed by atoms with Gasteiger partial charge in [0.25, 0.3) is 5.56 Å². The van der Waals surface area contributed by atoms with E-state index in [4.69, 9.17) is 5.26 Å². The lowest BCUT2D eigenvalue weighted by Crippen LogP contribution is -2.16. The fourth-order valence-corrected chi connectivity index (χ4v) is 4.06. The second-order valence-corrected chi connectivity index (χ2v) is 7.17. The number of hydrogen-bond donors (Lipinski definition) is 2. The van der Waals surface area contributed by atoms with Crippen LogP contribution in [0.5, 0.6) is 11.5 Å². The van der Waals surface area contributed by atoms with Gasteiger partial charge in [0.15, 0.2) is 5.56 Å². The van der Waals surface area contributed by atoms with Crippen molar-refractivity contribution in [3.63, 3.8) is 0 Å². The number of alkyl halides is 3. The first-order chi connectivity index (χ1) is 14.3. The van der Waals surface area contributed by atoms with Crippen LogP contribution in [-0.4, -0.2) is 16.5 Å². The Morgan fingerprint density at radius 3 is 2.13 bits per heavy atom. The highest BCUT2D eigenvalue weighted by Gasteiger charge is 2.31. The first kappa shape index (κ1) is 19.5. The van der Waals surface area contributed by atoms with Crippen LogP contribution in [0, 0.1) is 11.3 Å². The Kier molecular flexibility index (Phi) is 4.72. The summed E-state index contributed by atoms with van der Waals surface area (Å²) in [5.74, 6) is -0.665. The van der Waals surface area contributed by atoms with Crippen LogP contribution in [0.4, 0.5) is 13.2 Å². The number of ether oxygens (including phenoxy) is 1. The molecule has 2 aromatic heterocycles. The third-order valence-corrected chi connectivity index (χ3v) is 5.34. The van der Waals surface area contributed by atoms with Gasteiger partial charge >= 0.3 is 6.36 Å². The SMILES string of the molecule is N#Cc1c(O)c2c(-c3ccc(-c4ccc(OC(F)(F)F)cc4)cc3)csc2[nH]c1=O. The summed E-state index contributed by atoms with van der Waals surface area (Å²) >= 11 is 1.23. The summed E-state index contributed by atoms with van der Waals surface area (Å²) in [5.41, 5.74) is 1.87. The van der Waals surface area contributed by atoms with E-state index in [1.165, 1.54) is 35.6 Å². The van der Waals surface area contributed by atoms with E-state index in [9.17, 15) is 23.1 Å². The Morgan fingerprint density at radius 1 is 1.00 bits per heavy atom. The lowest BCUT2D eigenvalue weighted by Gasteiger charge is -2.10. The van der Waals surface area contributed by atoms with E-state index in [-0.39, 0.29) is 17.1 Å². The molecule has 150 valence electrons. The lowest BCUT2D eigenvalue weighted by molar-refractivity contribution is -0.274. The Labute approximate surface area is 171 Å². The van der Waals surface area contributed by atoms with E-state index >= 15 is 0 Å². The van der Waals surface area contributed by atoms with Gasteiger partial charge in [-0.25, -0.2) is 0 Å². The fourth-order valence-electron chi connectivity index (χ4n) is 3.09. The van der Waals surface area contributed by atoms with Crippen LogP contribution in [0.1, 0.15) is 5.56 Å². The monoisotopic (exact) mass is 428 g/mol. The van der Waals surface area contributed by atoms with Crippen LogP contribution in [-0.2, 0) is 0 Å². The third-order valence-electron chi connectivity index (χ3n) is 4.45. The van der Waals surface area contributed by atoms with Crippen molar-refractivity contribution in [3.8, 4) is 39.8 Å². The molecule has 0 aliphatic heterocycles. The van der Waals surface area contributed by atoms with E-state index < -0.39 is 11.9 Å². The summed E-state index contributed by atoms with van der Waals surface area (Å²) in [7, 11) is 0. The van der Waals surface area contributed by atoms with E-state index in [0.717, 1.165) is 11.1 Å². The van der Waals surface area contributed by atoms with Crippen molar-refractivity contribution >= 4 is 21.6 Å². The molecule has 0 bridgehead atoms. The predicted octanol–water partition coefficient (Wildman–Crippen LogP) is 5.40. The molecule has 4 rings (SSSR count). The number of fused-ring (bicyclic) bond motifs is 1. The molecular formula is C21H11F3N2O3S. The number of hydrogen-bond acceptors (Lipinski definition) is 5. The normalized spacial score (nSPS) is 11.4. The molecule has 2 aromatic carbocycles. The number of pyridine rings is 1. The van der Waals surface area contributed by atoms with Gasteiger partial charge in [0.1, 0.15) is 22.4 Å². The average molecular weight is 428 g/mol. The number of thiophene rings is 1. The molecule has 0 unspecified atom stereocenters. The van der Waals surface area contributed by atoms with Crippen LogP contribution >= 0.6 is 11.3 Å². The zero-order chi connectivity index (χ0) is 21.5. The van der Waals surface area contributed by atoms with Crippen molar-refractivity contribution < 1.29 is 23.0 Å². The highest BCUT2D eigenvalue weighted by atomic mass is 32.1. The fraction of sp³-hybridized carbons (Fsp3) is 0.0476. The molecule has 0 atom stereocenters. The molecule has 0 radical (unpaired) electrons. The Balaban J connectivity index is 1.68. The van der Waals surface area contributed by atoms with Crippen molar-refractivity contribution in [1.29, 1.82) is 5.26 Å². The van der Waals surface area contributed by atoms with E-state index in [1.54, 1.807) is 35.7 Å². The Bertz CT molecular complexity index is 1330. The number of aromatic hydroxyl groups is 1. The highest BCUT2D eigenvalue weighted by Crippen LogP contribution is 2.39. The maximum Gasteiger partial charge on any atom is 0.573 e. The minimum absolute atomic E-state index is 0.301. The largest absolute Gasteiger partial charge is 0.573 e. The number of H-pyrrole nitrogens is 1. The molecule has 0 saturated heterocycles. The van der Waals surface area contributed by atoms with Gasteiger partial charge in [-0.2, -0.15) is 5.26 Å². The second-order valence-electron chi connectivity index (χ2n) is 6.29. The second kappa shape index (κ2) is 7.24. The smallest absolute Gasteiger partial charge is 0.506 e. The number of nitrogens with one attached hydrogen (secondary N) is 1. The summed E-state index contributed by atoms with van der Waals surface area (Å²) in [6.45, 7) is 0. The van der Waals surface area contributed by atoms with E-state index in [1.807, 2.05) is 0 Å². The molecule has 4 aromatic rings. The first-order valence-electron chi connectivity index (χ1n) is 8.50. The molecule has 2 heterocycles. The molecule has 0 amide bonds. The van der Waals surface area contributed by atoms with Crippen molar-refractivity contribution in [2.75, 3.05) is 0 Å². The van der Waals surface area contributed by atoms with Crippen molar-refractivity contribution in [3.05, 3.63) is 69.8 Å². The number of aromatic amines is 1. The average Bonchev–Trinajstić information content (AvgIpc) is 3.12. The number of rotatable bonds is 3. The number of aromatic nitrogens is 1. The Morgan fingerprint density at radius 2 is 1.57 bits per heavy atom. The maximum atomic E-state index is 12.3. The van der Waals surface area contributed by atoms with Crippen LogP contribution in [0.3, 0.4) is 0 Å². The Hall–Kier alpha value is -3.77. The summed E-state index contributed by atoms with van der Waals surface area (Å²) in [6, 6.07) is 14.4. The number of benzene rings is 2. The molecular weight excluding hydrogens is 417 g/mol. The van der Waals surface area contributed by atoms with E-state index in [2.05, 4.69) is 9.72 Å². The summed E-state index contributed by atoms with van der Waals surface area (Å²) < 4.78 is 40.7. The number of nitriles is 1. The van der Waals surface area contributed by atoms with Gasteiger partial charge < -0.3 is 14.8 Å². The van der Waals surface area contributed by atoms with Crippen LogP contribution in [0.15, 0.2) is 58.7 Å². The standard InChI is InChI=1S/C21H11F3N2O3S/c22-21(23,24)29-14-7-5-12(6-8-14)11-1-3-13(4-2-11)16-10-30-20-17(16)18(27)15(9-25)19(28)26-20/h1-8,10H,(H2,26,27,28). The zero-order valence-electron chi connectivity index (χ0n) is 14.9. The summed E-state index contributed by atoms with van der Waals surface area (Å²) in [5, 5.41) is 21.6. The van der Waals surface area contributed by atoms with Crippen LogP contribution in [0.25, 0.3) is 32.5 Å². The minimum Gasteiger partial charge on any atom is -0.506 e. The first-order valence-corrected chi connectivity index (χ1v) is 9.38. The highest BCUT2D eigenvalue weighted by molar-refractivity contribution is 7.17. The van der Waals surface area contributed by atoms with Crippen molar-refractivity contribution in [2.45, 2.75) is 6.36 Å². The molecule has 5 nitrogen and oxygen atoms in total. The lowest BCUT2D eigenvalue weighted by atomic mass is 9.99. The summed E-state index contributed by atoms with van der Waals surface area (Å²) in [4.78, 5) is 14.9. The van der Waals surface area contributed by atoms with Gasteiger partial charge in [-0.05, 0) is 28.8 Å². The molecule has 0 spiro atoms. The van der Waals surface area contributed by atoms with Crippen LogP contribution < -0.4 is 10.3 Å². The van der Waals surface area contributed by atoms with Gasteiger partial charge in [-0.15, -0.1) is 24.5 Å². The molecule has 2 N–H and O–H groups in total. The molecule has 9 heteroatoms. The van der Waals surface area contributed by atoms with Gasteiger partial charge in [0, 0.05) is 10.9 Å². The maximum absolute atomic E-state index is 12.3. The number of halogens is 3. The summed E-state index contributed by atoms with van der Waals surface area (Å²) in [6.07, 6.45) is -4.74. The molecule has 30 heavy (non-hydrogen) atoms. The predicted molar refractivity (Wildman–Crippen MR) is 106 cm³/mol. The van der Waals surface area contributed by atoms with Gasteiger partial charge in [0.2, 0.25) is 0 Å². The topological polar surface area (TPSA) is 86.1 Å². The van der Waals surface area contributed by atoms with E-state index in [0.29, 0.717) is 21.3 Å². The van der Waals surface area contributed by atoms with Gasteiger partial charge in [-0.1, -0.05) is 36.4 Å². The molecule has 0 aliphatic rings. The molecule has 0 fully saturated rings. The minimum atomic E-state index is -4.74. The van der Waals surface area contributed by atoms with Gasteiger partial charge in [-0.3, -0.25) is 4.79 Å².